The van der Waals surface area contributed by atoms with Gasteiger partial charge in [0.15, 0.2) is 11.2 Å². The second kappa shape index (κ2) is 9.76. The molecular formula is C25H25FN6O4. The lowest BCUT2D eigenvalue weighted by Crippen LogP contribution is -2.38. The van der Waals surface area contributed by atoms with Crippen LogP contribution in [0.25, 0.3) is 11.2 Å². The van der Waals surface area contributed by atoms with Crippen LogP contribution in [0.15, 0.2) is 47.3 Å². The Morgan fingerprint density at radius 3 is 2.44 bits per heavy atom. The summed E-state index contributed by atoms with van der Waals surface area (Å²) in [5, 5.41) is 7.96. The lowest BCUT2D eigenvalue weighted by Gasteiger charge is -2.32. The maximum absolute atomic E-state index is 14.2. The van der Waals surface area contributed by atoms with Gasteiger partial charge in [-0.1, -0.05) is 29.5 Å². The van der Waals surface area contributed by atoms with Crippen LogP contribution in [0.5, 0.6) is 11.5 Å². The van der Waals surface area contributed by atoms with E-state index >= 15 is 0 Å². The highest BCUT2D eigenvalue weighted by Gasteiger charge is 2.30. The molecule has 0 saturated carbocycles. The van der Waals surface area contributed by atoms with E-state index in [1.807, 2.05) is 0 Å². The number of rotatable bonds is 6. The minimum Gasteiger partial charge on any atom is -0.496 e. The molecule has 3 heterocycles. The number of benzene rings is 2. The zero-order valence-corrected chi connectivity index (χ0v) is 19.9. The number of nitrogens with one attached hydrogen (secondary N) is 1. The number of nitrogens with zero attached hydrogens (tertiary/aromatic N) is 5. The summed E-state index contributed by atoms with van der Waals surface area (Å²) >= 11 is 0. The Kier molecular flexibility index (Phi) is 6.36. The first-order valence-electron chi connectivity index (χ1n) is 11.6. The van der Waals surface area contributed by atoms with E-state index in [9.17, 15) is 14.0 Å². The Hall–Kier alpha value is -4.28. The van der Waals surface area contributed by atoms with Crippen LogP contribution in [0.3, 0.4) is 0 Å². The van der Waals surface area contributed by atoms with Crippen molar-refractivity contribution in [3.63, 3.8) is 0 Å². The Balaban J connectivity index is 1.36. The van der Waals surface area contributed by atoms with Crippen molar-refractivity contribution in [1.82, 2.24) is 29.9 Å². The standard InChI is InChI=1S/C25H25FN6O4/c1-35-18-8-5-9-19(36-2)20(18)25(34)31-12-10-15(11-13-31)22-27-23-21(24(33)28-22)29-30-32(23)14-16-6-3-4-7-17(16)26/h3-9,15H,10-14H2,1-2H3,(H,27,28,33). The van der Waals surface area contributed by atoms with Gasteiger partial charge in [0.1, 0.15) is 28.7 Å². The molecule has 1 amide bonds. The first-order valence-corrected chi connectivity index (χ1v) is 11.6. The van der Waals surface area contributed by atoms with Crippen molar-refractivity contribution in [3.8, 4) is 11.5 Å². The van der Waals surface area contributed by atoms with Gasteiger partial charge in [-0.3, -0.25) is 9.59 Å². The van der Waals surface area contributed by atoms with E-state index in [0.717, 1.165) is 0 Å². The van der Waals surface area contributed by atoms with Crippen molar-refractivity contribution in [2.45, 2.75) is 25.3 Å². The fourth-order valence-electron chi connectivity index (χ4n) is 4.55. The quantitative estimate of drug-likeness (QED) is 0.440. The summed E-state index contributed by atoms with van der Waals surface area (Å²) < 4.78 is 26.3. The minimum absolute atomic E-state index is 0.0671. The van der Waals surface area contributed by atoms with Gasteiger partial charge in [0.2, 0.25) is 0 Å². The monoisotopic (exact) mass is 492 g/mol. The van der Waals surface area contributed by atoms with Gasteiger partial charge >= 0.3 is 0 Å². The Bertz CT molecular complexity index is 1450. The first kappa shape index (κ1) is 23.5. The number of amides is 1. The van der Waals surface area contributed by atoms with E-state index in [1.54, 1.807) is 41.3 Å². The molecule has 5 rings (SSSR count). The van der Waals surface area contributed by atoms with Gasteiger partial charge in [0.25, 0.3) is 11.5 Å². The van der Waals surface area contributed by atoms with Gasteiger partial charge in [0.05, 0.1) is 20.8 Å². The molecule has 36 heavy (non-hydrogen) atoms. The first-order chi connectivity index (χ1) is 17.5. The molecule has 0 atom stereocenters. The fourth-order valence-corrected chi connectivity index (χ4v) is 4.55. The highest BCUT2D eigenvalue weighted by atomic mass is 19.1. The second-order valence-corrected chi connectivity index (χ2v) is 8.57. The molecule has 1 aliphatic rings. The molecule has 1 saturated heterocycles. The summed E-state index contributed by atoms with van der Waals surface area (Å²) in [6, 6.07) is 11.6. The molecule has 186 valence electrons. The number of likely N-dealkylation sites (tertiary alicyclic amines) is 1. The van der Waals surface area contributed by atoms with E-state index in [4.69, 9.17) is 9.47 Å². The van der Waals surface area contributed by atoms with Crippen LogP contribution in [-0.2, 0) is 6.54 Å². The van der Waals surface area contributed by atoms with Crippen LogP contribution in [0, 0.1) is 5.82 Å². The maximum Gasteiger partial charge on any atom is 0.281 e. The summed E-state index contributed by atoms with van der Waals surface area (Å²) in [5.74, 6) is 0.804. The van der Waals surface area contributed by atoms with Gasteiger partial charge in [-0.2, -0.15) is 0 Å². The van der Waals surface area contributed by atoms with Crippen molar-refractivity contribution >= 4 is 17.1 Å². The zero-order chi connectivity index (χ0) is 25.2. The van der Waals surface area contributed by atoms with Crippen molar-refractivity contribution < 1.29 is 18.7 Å². The Morgan fingerprint density at radius 2 is 1.78 bits per heavy atom. The second-order valence-electron chi connectivity index (χ2n) is 8.57. The number of piperidine rings is 1. The van der Waals surface area contributed by atoms with Gasteiger partial charge in [-0.25, -0.2) is 14.1 Å². The summed E-state index contributed by atoms with van der Waals surface area (Å²) in [6.45, 7) is 1.05. The topological polar surface area (TPSA) is 115 Å². The third-order valence-electron chi connectivity index (χ3n) is 6.48. The van der Waals surface area contributed by atoms with Crippen LogP contribution in [0.2, 0.25) is 0 Å². The Labute approximate surface area is 205 Å². The summed E-state index contributed by atoms with van der Waals surface area (Å²) in [6.07, 6.45) is 1.21. The van der Waals surface area contributed by atoms with Crippen LogP contribution >= 0.6 is 0 Å². The number of H-pyrrole nitrogens is 1. The smallest absolute Gasteiger partial charge is 0.281 e. The van der Waals surface area contributed by atoms with E-state index in [2.05, 4.69) is 20.3 Å². The fraction of sp³-hybridized carbons (Fsp3) is 0.320. The molecule has 11 heteroatoms. The molecule has 1 aliphatic heterocycles. The van der Waals surface area contributed by atoms with Crippen LogP contribution < -0.4 is 15.0 Å². The molecule has 2 aromatic carbocycles. The average Bonchev–Trinajstić information content (AvgIpc) is 3.32. The summed E-state index contributed by atoms with van der Waals surface area (Å²) in [4.78, 5) is 35.2. The van der Waals surface area contributed by atoms with Gasteiger partial charge in [-0.05, 0) is 31.0 Å². The largest absolute Gasteiger partial charge is 0.496 e. The van der Waals surface area contributed by atoms with Crippen LogP contribution in [0.1, 0.15) is 40.5 Å². The molecular weight excluding hydrogens is 467 g/mol. The van der Waals surface area contributed by atoms with Crippen LogP contribution in [-0.4, -0.2) is 63.1 Å². The molecule has 0 aliphatic carbocycles. The number of carbonyl (C=O) groups excluding carboxylic acids is 1. The van der Waals surface area contributed by atoms with E-state index < -0.39 is 5.56 Å². The minimum atomic E-state index is -0.396. The molecule has 1 fully saturated rings. The highest BCUT2D eigenvalue weighted by Crippen LogP contribution is 2.32. The third-order valence-corrected chi connectivity index (χ3v) is 6.48. The predicted molar refractivity (Wildman–Crippen MR) is 129 cm³/mol. The third kappa shape index (κ3) is 4.28. The van der Waals surface area contributed by atoms with Crippen LogP contribution in [0.4, 0.5) is 4.39 Å². The van der Waals surface area contributed by atoms with Gasteiger partial charge in [-0.15, -0.1) is 5.10 Å². The number of aromatic amines is 1. The molecule has 0 spiro atoms. The van der Waals surface area contributed by atoms with Crippen molar-refractivity contribution in [2.75, 3.05) is 27.3 Å². The molecule has 10 nitrogen and oxygen atoms in total. The predicted octanol–water partition coefficient (Wildman–Crippen LogP) is 2.74. The average molecular weight is 493 g/mol. The molecule has 0 bridgehead atoms. The number of ether oxygens (including phenoxy) is 2. The number of carbonyl (C=O) groups is 1. The molecule has 0 radical (unpaired) electrons. The molecule has 4 aromatic rings. The summed E-state index contributed by atoms with van der Waals surface area (Å²) in [7, 11) is 3.03. The number of methoxy groups -OCH3 is 2. The normalized spacial score (nSPS) is 14.2. The van der Waals surface area contributed by atoms with Gasteiger partial charge < -0.3 is 19.4 Å². The van der Waals surface area contributed by atoms with E-state index in [-0.39, 0.29) is 29.7 Å². The van der Waals surface area contributed by atoms with Crippen molar-refractivity contribution in [3.05, 3.63) is 75.6 Å². The van der Waals surface area contributed by atoms with Gasteiger partial charge in [0, 0.05) is 24.6 Å². The number of fused-ring (bicyclic) bond motifs is 1. The number of halogens is 1. The van der Waals surface area contributed by atoms with Crippen molar-refractivity contribution in [2.24, 2.45) is 0 Å². The van der Waals surface area contributed by atoms with E-state index in [1.165, 1.54) is 25.0 Å². The van der Waals surface area contributed by atoms with Crippen molar-refractivity contribution in [1.29, 1.82) is 0 Å². The molecule has 1 N–H and O–H groups in total. The van der Waals surface area contributed by atoms with E-state index in [0.29, 0.717) is 60.0 Å². The SMILES string of the molecule is COc1cccc(OC)c1C(=O)N1CCC(c2nc3c(nnn3Cc3ccccc3F)c(=O)[nH]2)CC1. The maximum atomic E-state index is 14.2. The molecule has 0 unspecified atom stereocenters. The lowest BCUT2D eigenvalue weighted by atomic mass is 9.95. The zero-order valence-electron chi connectivity index (χ0n) is 19.9. The number of aromatic nitrogens is 5. The lowest BCUT2D eigenvalue weighted by molar-refractivity contribution is 0.0704. The molecule has 2 aromatic heterocycles. The summed E-state index contributed by atoms with van der Waals surface area (Å²) in [5.41, 5.74) is 0.816. The Morgan fingerprint density at radius 1 is 1.08 bits per heavy atom. The number of hydrogen-bond donors (Lipinski definition) is 1. The number of hydrogen-bond acceptors (Lipinski definition) is 7. The highest BCUT2D eigenvalue weighted by molar-refractivity contribution is 5.99.